The van der Waals surface area contributed by atoms with Gasteiger partial charge < -0.3 is 19.7 Å². The minimum atomic E-state index is -0.538. The van der Waals surface area contributed by atoms with Gasteiger partial charge in [-0.2, -0.15) is 0 Å². The van der Waals surface area contributed by atoms with Crippen molar-refractivity contribution in [3.05, 3.63) is 24.0 Å². The van der Waals surface area contributed by atoms with Gasteiger partial charge >= 0.3 is 6.09 Å². The minimum Gasteiger partial charge on any atom is -0.442 e. The van der Waals surface area contributed by atoms with Gasteiger partial charge in [-0.25, -0.2) is 9.18 Å². The van der Waals surface area contributed by atoms with Crippen molar-refractivity contribution in [3.63, 3.8) is 0 Å². The molecule has 1 unspecified atom stereocenters. The Balaban J connectivity index is 0.00000117. The fourth-order valence-corrected chi connectivity index (χ4v) is 2.82. The van der Waals surface area contributed by atoms with Gasteiger partial charge in [0.1, 0.15) is 11.9 Å². The van der Waals surface area contributed by atoms with E-state index >= 15 is 0 Å². The molecule has 0 spiro atoms. The first-order valence-electron chi connectivity index (χ1n) is 8.89. The van der Waals surface area contributed by atoms with E-state index in [1.54, 1.807) is 12.1 Å². The van der Waals surface area contributed by atoms with Crippen LogP contribution in [0.3, 0.4) is 0 Å². The molecular formula is C18H26FN3O4. The molecule has 0 saturated carbocycles. The van der Waals surface area contributed by atoms with Crippen molar-refractivity contribution < 1.29 is 23.5 Å². The number of hydrogen-bond donors (Lipinski definition) is 1. The number of halogens is 1. The van der Waals surface area contributed by atoms with Crippen LogP contribution in [0, 0.1) is 5.82 Å². The van der Waals surface area contributed by atoms with E-state index in [1.165, 1.54) is 17.9 Å². The van der Waals surface area contributed by atoms with Crippen molar-refractivity contribution in [1.29, 1.82) is 0 Å². The first kappa shape index (κ1) is 20.0. The van der Waals surface area contributed by atoms with Crippen molar-refractivity contribution in [3.8, 4) is 0 Å². The molecule has 1 aromatic rings. The molecule has 7 nitrogen and oxygen atoms in total. The van der Waals surface area contributed by atoms with Gasteiger partial charge in [0.25, 0.3) is 0 Å². The molecule has 1 atom stereocenters. The van der Waals surface area contributed by atoms with Crippen LogP contribution in [0.15, 0.2) is 18.2 Å². The number of ether oxygens (including phenoxy) is 2. The van der Waals surface area contributed by atoms with Crippen molar-refractivity contribution in [2.24, 2.45) is 0 Å². The number of carbonyl (C=O) groups excluding carboxylic acids is 2. The Labute approximate surface area is 153 Å². The van der Waals surface area contributed by atoms with Gasteiger partial charge in [0.15, 0.2) is 0 Å². The van der Waals surface area contributed by atoms with Crippen molar-refractivity contribution in [2.45, 2.75) is 26.9 Å². The summed E-state index contributed by atoms with van der Waals surface area (Å²) in [6.45, 7) is 8.34. The SMILES string of the molecule is CC.CC(=O)NCC1CN(c2ccc(N3CCOCC3)c(F)c2)C(=O)O1. The van der Waals surface area contributed by atoms with E-state index in [0.29, 0.717) is 37.7 Å². The third kappa shape index (κ3) is 4.85. The Morgan fingerprint density at radius 2 is 2.00 bits per heavy atom. The summed E-state index contributed by atoms with van der Waals surface area (Å²) in [4.78, 5) is 26.2. The summed E-state index contributed by atoms with van der Waals surface area (Å²) in [5.41, 5.74) is 0.948. The number of nitrogens with one attached hydrogen (secondary N) is 1. The fourth-order valence-electron chi connectivity index (χ4n) is 2.82. The maximum atomic E-state index is 14.4. The number of rotatable bonds is 4. The highest BCUT2D eigenvalue weighted by molar-refractivity contribution is 5.90. The van der Waals surface area contributed by atoms with Crippen LogP contribution in [0.2, 0.25) is 0 Å². The number of carbonyl (C=O) groups is 2. The number of anilines is 2. The summed E-state index contributed by atoms with van der Waals surface area (Å²) >= 11 is 0. The lowest BCUT2D eigenvalue weighted by Gasteiger charge is -2.29. The molecule has 1 N–H and O–H groups in total. The molecule has 1 aromatic carbocycles. The van der Waals surface area contributed by atoms with Crippen molar-refractivity contribution in [2.75, 3.05) is 49.2 Å². The molecule has 2 aliphatic heterocycles. The lowest BCUT2D eigenvalue weighted by atomic mass is 10.2. The summed E-state index contributed by atoms with van der Waals surface area (Å²) < 4.78 is 24.9. The molecule has 0 aromatic heterocycles. The van der Waals surface area contributed by atoms with E-state index < -0.39 is 12.2 Å². The summed E-state index contributed by atoms with van der Waals surface area (Å²) in [5.74, 6) is -0.571. The second-order valence-electron chi connectivity index (χ2n) is 5.79. The van der Waals surface area contributed by atoms with Gasteiger partial charge in [-0.15, -0.1) is 0 Å². The zero-order valence-electron chi connectivity index (χ0n) is 15.5. The van der Waals surface area contributed by atoms with Gasteiger partial charge in [-0.3, -0.25) is 9.69 Å². The molecule has 2 amide bonds. The number of nitrogens with zero attached hydrogens (tertiary/aromatic N) is 2. The van der Waals surface area contributed by atoms with Crippen LogP contribution in [0.25, 0.3) is 0 Å². The van der Waals surface area contributed by atoms with E-state index in [9.17, 15) is 14.0 Å². The summed E-state index contributed by atoms with van der Waals surface area (Å²) in [6.07, 6.45) is -0.979. The van der Waals surface area contributed by atoms with Crippen LogP contribution < -0.4 is 15.1 Å². The lowest BCUT2D eigenvalue weighted by Crippen LogP contribution is -2.36. The number of cyclic esters (lactones) is 1. The van der Waals surface area contributed by atoms with E-state index in [4.69, 9.17) is 9.47 Å². The number of amides is 2. The molecule has 0 aliphatic carbocycles. The molecule has 8 heteroatoms. The quantitative estimate of drug-likeness (QED) is 0.883. The molecule has 26 heavy (non-hydrogen) atoms. The molecule has 2 heterocycles. The molecular weight excluding hydrogens is 341 g/mol. The third-order valence-electron chi connectivity index (χ3n) is 4.05. The van der Waals surface area contributed by atoms with Crippen LogP contribution in [0.5, 0.6) is 0 Å². The molecule has 3 rings (SSSR count). The smallest absolute Gasteiger partial charge is 0.414 e. The predicted octanol–water partition coefficient (Wildman–Crippen LogP) is 2.15. The maximum absolute atomic E-state index is 14.4. The molecule has 2 aliphatic rings. The van der Waals surface area contributed by atoms with Crippen LogP contribution in [-0.2, 0) is 14.3 Å². The minimum absolute atomic E-state index is 0.189. The first-order chi connectivity index (χ1) is 12.5. The Hall–Kier alpha value is -2.35. The topological polar surface area (TPSA) is 71.1 Å². The third-order valence-corrected chi connectivity index (χ3v) is 4.05. The van der Waals surface area contributed by atoms with E-state index in [-0.39, 0.29) is 24.8 Å². The van der Waals surface area contributed by atoms with Crippen LogP contribution in [0.1, 0.15) is 20.8 Å². The zero-order valence-corrected chi connectivity index (χ0v) is 15.5. The molecule has 0 radical (unpaired) electrons. The monoisotopic (exact) mass is 367 g/mol. The summed E-state index contributed by atoms with van der Waals surface area (Å²) in [7, 11) is 0. The van der Waals surface area contributed by atoms with Crippen molar-refractivity contribution >= 4 is 23.4 Å². The maximum Gasteiger partial charge on any atom is 0.414 e. The van der Waals surface area contributed by atoms with Gasteiger partial charge in [0.05, 0.1) is 37.7 Å². The normalized spacial score (nSPS) is 19.5. The van der Waals surface area contributed by atoms with E-state index in [0.717, 1.165) is 0 Å². The molecule has 2 fully saturated rings. The lowest BCUT2D eigenvalue weighted by molar-refractivity contribution is -0.119. The van der Waals surface area contributed by atoms with Gasteiger partial charge in [0, 0.05) is 20.0 Å². The highest BCUT2D eigenvalue weighted by Crippen LogP contribution is 2.28. The van der Waals surface area contributed by atoms with Crippen LogP contribution in [-0.4, -0.2) is 57.5 Å². The Morgan fingerprint density at radius 1 is 1.31 bits per heavy atom. The van der Waals surface area contributed by atoms with Crippen LogP contribution in [0.4, 0.5) is 20.6 Å². The summed E-state index contributed by atoms with van der Waals surface area (Å²) in [5, 5.41) is 2.61. The Kier molecular flexibility index (Phi) is 7.20. The van der Waals surface area contributed by atoms with E-state index in [2.05, 4.69) is 5.32 Å². The van der Waals surface area contributed by atoms with Gasteiger partial charge in [-0.1, -0.05) is 13.8 Å². The molecule has 0 bridgehead atoms. The van der Waals surface area contributed by atoms with Gasteiger partial charge in [0.2, 0.25) is 5.91 Å². The van der Waals surface area contributed by atoms with Crippen LogP contribution >= 0.6 is 0 Å². The fraction of sp³-hybridized carbons (Fsp3) is 0.556. The second-order valence-corrected chi connectivity index (χ2v) is 5.79. The molecule has 144 valence electrons. The Morgan fingerprint density at radius 3 is 2.62 bits per heavy atom. The number of morpholine rings is 1. The largest absolute Gasteiger partial charge is 0.442 e. The Bertz CT molecular complexity index is 635. The predicted molar refractivity (Wildman–Crippen MR) is 97.1 cm³/mol. The standard InChI is InChI=1S/C16H20FN3O4.C2H6/c1-11(21)18-9-13-10-20(16(22)24-13)12-2-3-15(14(17)8-12)19-4-6-23-7-5-19;1-2/h2-3,8,13H,4-7,9-10H2,1H3,(H,18,21);1-2H3. The number of hydrogen-bond acceptors (Lipinski definition) is 5. The van der Waals surface area contributed by atoms with E-state index in [1.807, 2.05) is 18.7 Å². The second kappa shape index (κ2) is 9.38. The first-order valence-corrected chi connectivity index (χ1v) is 8.89. The van der Waals surface area contributed by atoms with Gasteiger partial charge in [-0.05, 0) is 18.2 Å². The zero-order chi connectivity index (χ0) is 19.1. The highest BCUT2D eigenvalue weighted by atomic mass is 19.1. The average Bonchev–Trinajstić information content (AvgIpc) is 3.03. The number of benzene rings is 1. The molecule has 2 saturated heterocycles. The average molecular weight is 367 g/mol. The highest BCUT2D eigenvalue weighted by Gasteiger charge is 2.32. The summed E-state index contributed by atoms with van der Waals surface area (Å²) in [6, 6.07) is 4.72. The van der Waals surface area contributed by atoms with Crippen molar-refractivity contribution in [1.82, 2.24) is 5.32 Å².